The molecule has 0 aliphatic heterocycles. The van der Waals surface area contributed by atoms with Gasteiger partial charge in [0.15, 0.2) is 0 Å². The zero-order chi connectivity index (χ0) is 19.4. The molecule has 27 heavy (non-hydrogen) atoms. The fraction of sp³-hybridized carbons (Fsp3) is 0.100. The molecular weight excluding hydrogens is 346 g/mol. The predicted octanol–water partition coefficient (Wildman–Crippen LogP) is 2.69. The minimum absolute atomic E-state index is 0.0175. The average Bonchev–Trinajstić information content (AvgIpc) is 2.66. The molecule has 0 fully saturated rings. The van der Waals surface area contributed by atoms with Crippen LogP contribution >= 0.6 is 0 Å². The number of hydrogen-bond acceptors (Lipinski definition) is 5. The van der Waals surface area contributed by atoms with Crippen LogP contribution in [0.4, 0.5) is 0 Å². The summed E-state index contributed by atoms with van der Waals surface area (Å²) in [4.78, 5) is 28.4. The normalized spacial score (nSPS) is 10.2. The summed E-state index contributed by atoms with van der Waals surface area (Å²) in [6.45, 7) is 1.52. The van der Waals surface area contributed by atoms with Crippen LogP contribution in [0.5, 0.6) is 6.01 Å². The van der Waals surface area contributed by atoms with Crippen molar-refractivity contribution in [3.63, 3.8) is 0 Å². The molecule has 3 aromatic rings. The number of rotatable bonds is 5. The molecule has 0 spiro atoms. The highest BCUT2D eigenvalue weighted by Gasteiger charge is 2.21. The van der Waals surface area contributed by atoms with Crippen molar-refractivity contribution in [2.24, 2.45) is 0 Å². The van der Waals surface area contributed by atoms with Gasteiger partial charge in [0.25, 0.3) is 5.56 Å². The van der Waals surface area contributed by atoms with E-state index < -0.39 is 17.1 Å². The smallest absolute Gasteiger partial charge is 0.343 e. The van der Waals surface area contributed by atoms with Gasteiger partial charge in [-0.05, 0) is 36.8 Å². The minimum Gasteiger partial charge on any atom is -0.477 e. The first kappa shape index (κ1) is 17.9. The summed E-state index contributed by atoms with van der Waals surface area (Å²) in [5, 5.41) is 18.3. The standard InChI is InChI=1S/C20H15N3O4/c1-13-17(19(25)26)18(24)23(16-8-3-2-4-9-16)20(22-13)27-12-15-7-5-6-14(10-15)11-21/h2-10H,12H2,1H3,(H,25,26). The lowest BCUT2D eigenvalue weighted by Crippen LogP contribution is -2.29. The van der Waals surface area contributed by atoms with E-state index >= 15 is 0 Å². The van der Waals surface area contributed by atoms with Gasteiger partial charge in [0, 0.05) is 0 Å². The molecule has 7 heteroatoms. The number of para-hydroxylation sites is 1. The van der Waals surface area contributed by atoms with Crippen molar-refractivity contribution in [3.05, 3.63) is 87.3 Å². The van der Waals surface area contributed by atoms with Crippen LogP contribution in [0, 0.1) is 18.3 Å². The Hall–Kier alpha value is -3.92. The van der Waals surface area contributed by atoms with Crippen molar-refractivity contribution >= 4 is 5.97 Å². The Morgan fingerprint density at radius 2 is 1.96 bits per heavy atom. The van der Waals surface area contributed by atoms with Crippen LogP contribution in [-0.2, 0) is 6.61 Å². The lowest BCUT2D eigenvalue weighted by Gasteiger charge is -2.15. The summed E-state index contributed by atoms with van der Waals surface area (Å²) < 4.78 is 6.85. The molecule has 0 unspecified atom stereocenters. The number of nitrogens with zero attached hydrogens (tertiary/aromatic N) is 3. The van der Waals surface area contributed by atoms with Crippen molar-refractivity contribution in [1.29, 1.82) is 5.26 Å². The molecule has 0 saturated heterocycles. The number of carboxylic acid groups (broad SMARTS) is 1. The molecule has 1 N–H and O–H groups in total. The molecule has 134 valence electrons. The SMILES string of the molecule is Cc1nc(OCc2cccc(C#N)c2)n(-c2ccccc2)c(=O)c1C(=O)O. The Balaban J connectivity index is 2.07. The summed E-state index contributed by atoms with van der Waals surface area (Å²) in [7, 11) is 0. The number of nitriles is 1. The van der Waals surface area contributed by atoms with Gasteiger partial charge >= 0.3 is 12.0 Å². The third kappa shape index (κ3) is 3.70. The predicted molar refractivity (Wildman–Crippen MR) is 97.0 cm³/mol. The first-order valence-corrected chi connectivity index (χ1v) is 8.05. The maximum absolute atomic E-state index is 12.8. The van der Waals surface area contributed by atoms with Crippen LogP contribution in [0.25, 0.3) is 5.69 Å². The molecule has 7 nitrogen and oxygen atoms in total. The van der Waals surface area contributed by atoms with Crippen LogP contribution < -0.4 is 10.3 Å². The van der Waals surface area contributed by atoms with Crippen molar-refractivity contribution in [2.75, 3.05) is 0 Å². The van der Waals surface area contributed by atoms with E-state index in [9.17, 15) is 14.7 Å². The zero-order valence-electron chi connectivity index (χ0n) is 14.4. The van der Waals surface area contributed by atoms with Crippen LogP contribution in [0.15, 0.2) is 59.4 Å². The number of carboxylic acids is 1. The summed E-state index contributed by atoms with van der Waals surface area (Å²) in [6.07, 6.45) is 0. The molecular formula is C20H15N3O4. The molecule has 2 aromatic carbocycles. The summed E-state index contributed by atoms with van der Waals surface area (Å²) in [6, 6.07) is 17.4. The Morgan fingerprint density at radius 3 is 2.63 bits per heavy atom. The summed E-state index contributed by atoms with van der Waals surface area (Å²) >= 11 is 0. The van der Waals surface area contributed by atoms with Gasteiger partial charge in [-0.1, -0.05) is 30.3 Å². The van der Waals surface area contributed by atoms with Gasteiger partial charge in [-0.3, -0.25) is 4.79 Å². The minimum atomic E-state index is -1.34. The lowest BCUT2D eigenvalue weighted by atomic mass is 10.1. The van der Waals surface area contributed by atoms with Crippen LogP contribution in [0.3, 0.4) is 0 Å². The van der Waals surface area contributed by atoms with Gasteiger partial charge < -0.3 is 9.84 Å². The third-order valence-corrected chi connectivity index (χ3v) is 3.89. The van der Waals surface area contributed by atoms with E-state index in [1.165, 1.54) is 6.92 Å². The van der Waals surface area contributed by atoms with Gasteiger partial charge in [-0.25, -0.2) is 14.3 Å². The molecule has 0 aliphatic rings. The second-order valence-corrected chi connectivity index (χ2v) is 5.74. The zero-order valence-corrected chi connectivity index (χ0v) is 14.4. The first-order chi connectivity index (χ1) is 13.0. The first-order valence-electron chi connectivity index (χ1n) is 8.05. The van der Waals surface area contributed by atoms with Crippen molar-refractivity contribution < 1.29 is 14.6 Å². The molecule has 0 saturated carbocycles. The molecule has 0 atom stereocenters. The molecule has 0 aliphatic carbocycles. The van der Waals surface area contributed by atoms with E-state index in [-0.39, 0.29) is 18.3 Å². The maximum Gasteiger partial charge on any atom is 0.343 e. The average molecular weight is 361 g/mol. The van der Waals surface area contributed by atoms with E-state index in [4.69, 9.17) is 10.00 Å². The van der Waals surface area contributed by atoms with Gasteiger partial charge in [-0.2, -0.15) is 5.26 Å². The molecule has 1 aromatic heterocycles. The Kier molecular flexibility index (Phi) is 4.99. The number of hydrogen-bond donors (Lipinski definition) is 1. The van der Waals surface area contributed by atoms with Crippen LogP contribution in [0.1, 0.15) is 27.2 Å². The van der Waals surface area contributed by atoms with E-state index in [0.717, 1.165) is 10.1 Å². The van der Waals surface area contributed by atoms with Gasteiger partial charge in [-0.15, -0.1) is 0 Å². The Bertz CT molecular complexity index is 1100. The fourth-order valence-corrected chi connectivity index (χ4v) is 2.63. The Morgan fingerprint density at radius 1 is 1.22 bits per heavy atom. The number of benzene rings is 2. The van der Waals surface area contributed by atoms with Crippen LogP contribution in [-0.4, -0.2) is 20.6 Å². The quantitative estimate of drug-likeness (QED) is 0.749. The number of aromatic nitrogens is 2. The second-order valence-electron chi connectivity index (χ2n) is 5.74. The van der Waals surface area contributed by atoms with Crippen molar-refractivity contribution in [3.8, 4) is 17.8 Å². The highest BCUT2D eigenvalue weighted by molar-refractivity contribution is 5.88. The van der Waals surface area contributed by atoms with Gasteiger partial charge in [0.1, 0.15) is 12.2 Å². The lowest BCUT2D eigenvalue weighted by molar-refractivity contribution is 0.0692. The fourth-order valence-electron chi connectivity index (χ4n) is 2.63. The molecule has 1 heterocycles. The van der Waals surface area contributed by atoms with E-state index in [1.807, 2.05) is 6.07 Å². The number of aryl methyl sites for hydroxylation is 1. The summed E-state index contributed by atoms with van der Waals surface area (Å²) in [5.41, 5.74) is 0.600. The third-order valence-electron chi connectivity index (χ3n) is 3.89. The number of aromatic carboxylic acids is 1. The monoisotopic (exact) mass is 361 g/mol. The molecule has 0 amide bonds. The van der Waals surface area contributed by atoms with Crippen LogP contribution in [0.2, 0.25) is 0 Å². The van der Waals surface area contributed by atoms with Crippen molar-refractivity contribution in [1.82, 2.24) is 9.55 Å². The molecule has 0 bridgehead atoms. The number of carbonyl (C=O) groups is 1. The summed E-state index contributed by atoms with van der Waals surface area (Å²) in [5.74, 6) is -1.34. The van der Waals surface area contributed by atoms with Crippen molar-refractivity contribution in [2.45, 2.75) is 13.5 Å². The second kappa shape index (κ2) is 7.54. The topological polar surface area (TPSA) is 105 Å². The molecule has 3 rings (SSSR count). The maximum atomic E-state index is 12.8. The Labute approximate surface area is 154 Å². The highest BCUT2D eigenvalue weighted by Crippen LogP contribution is 2.17. The highest BCUT2D eigenvalue weighted by atomic mass is 16.5. The van der Waals surface area contributed by atoms with E-state index in [0.29, 0.717) is 11.3 Å². The largest absolute Gasteiger partial charge is 0.477 e. The van der Waals surface area contributed by atoms with Gasteiger partial charge in [0.2, 0.25) is 0 Å². The van der Waals surface area contributed by atoms with E-state index in [1.54, 1.807) is 54.6 Å². The molecule has 0 radical (unpaired) electrons. The van der Waals surface area contributed by atoms with E-state index in [2.05, 4.69) is 4.98 Å². The van der Waals surface area contributed by atoms with Gasteiger partial charge in [0.05, 0.1) is 23.0 Å². The number of ether oxygens (including phenoxy) is 1.